The minimum absolute atomic E-state index is 0.0900. The molecule has 0 aliphatic carbocycles. The standard InChI is InChI=1S/C68H124O6/c1-4-7-10-13-16-19-22-25-27-29-30-31-32-33-34-35-36-37-39-40-43-46-49-52-55-58-61-67(70)73-64-65(63-72-66(69)60-57-54-51-48-45-42-24-21-18-15-12-9-6-3)74-68(71)62-59-56-53-50-47-44-41-38-28-26-23-20-17-14-11-8-5-2/h9,12,18,21,42,45,51,54,65H,4-8,10-11,13-17,19-20,22-41,43-44,46-50,52-53,55-64H2,1-3H3/b12-9-,21-18-,45-42-,54-51-. The highest BCUT2D eigenvalue weighted by molar-refractivity contribution is 5.71. The second-order valence-corrected chi connectivity index (χ2v) is 22.0. The summed E-state index contributed by atoms with van der Waals surface area (Å²) in [7, 11) is 0. The fraction of sp³-hybridized carbons (Fsp3) is 0.838. The number of rotatable bonds is 60. The Kier molecular flexibility index (Phi) is 60.7. The zero-order chi connectivity index (χ0) is 53.6. The average Bonchev–Trinajstić information content (AvgIpc) is 3.40. The van der Waals surface area contributed by atoms with Crippen LogP contribution in [0.3, 0.4) is 0 Å². The Morgan fingerprint density at radius 1 is 0.284 bits per heavy atom. The van der Waals surface area contributed by atoms with Gasteiger partial charge in [0.05, 0.1) is 0 Å². The van der Waals surface area contributed by atoms with E-state index in [0.29, 0.717) is 19.3 Å². The number of carbonyl (C=O) groups excluding carboxylic acids is 3. The van der Waals surface area contributed by atoms with Crippen LogP contribution in [0.4, 0.5) is 0 Å². The third-order valence-corrected chi connectivity index (χ3v) is 14.6. The van der Waals surface area contributed by atoms with Gasteiger partial charge in [-0.05, 0) is 44.9 Å². The fourth-order valence-corrected chi connectivity index (χ4v) is 9.76. The van der Waals surface area contributed by atoms with Crippen molar-refractivity contribution < 1.29 is 28.6 Å². The Morgan fingerprint density at radius 2 is 0.527 bits per heavy atom. The minimum Gasteiger partial charge on any atom is -0.462 e. The molecule has 0 N–H and O–H groups in total. The predicted molar refractivity (Wildman–Crippen MR) is 321 cm³/mol. The summed E-state index contributed by atoms with van der Waals surface area (Å²) in [5.74, 6) is -0.953. The van der Waals surface area contributed by atoms with Gasteiger partial charge in [0, 0.05) is 19.3 Å². The molecule has 0 fully saturated rings. The van der Waals surface area contributed by atoms with Crippen LogP contribution >= 0.6 is 0 Å². The van der Waals surface area contributed by atoms with Gasteiger partial charge in [-0.3, -0.25) is 14.4 Å². The molecule has 0 radical (unpaired) electrons. The third-order valence-electron chi connectivity index (χ3n) is 14.6. The van der Waals surface area contributed by atoms with E-state index in [1.807, 2.05) is 6.08 Å². The van der Waals surface area contributed by atoms with Crippen molar-refractivity contribution in [1.82, 2.24) is 0 Å². The number of unbranched alkanes of at least 4 members (excludes halogenated alkanes) is 41. The highest BCUT2D eigenvalue weighted by Crippen LogP contribution is 2.18. The van der Waals surface area contributed by atoms with Gasteiger partial charge in [0.2, 0.25) is 0 Å². The first kappa shape index (κ1) is 71.4. The number of hydrogen-bond donors (Lipinski definition) is 0. The molecule has 0 spiro atoms. The summed E-state index contributed by atoms with van der Waals surface area (Å²) in [4.78, 5) is 38.2. The molecule has 1 unspecified atom stereocenters. The molecule has 6 heteroatoms. The molecule has 0 rings (SSSR count). The lowest BCUT2D eigenvalue weighted by Crippen LogP contribution is -2.30. The Bertz CT molecular complexity index is 1280. The number of carbonyl (C=O) groups is 3. The zero-order valence-corrected chi connectivity index (χ0v) is 49.6. The quantitative estimate of drug-likeness (QED) is 0.0261. The van der Waals surface area contributed by atoms with Gasteiger partial charge in [0.15, 0.2) is 6.10 Å². The largest absolute Gasteiger partial charge is 0.462 e. The average molecular weight is 1040 g/mol. The van der Waals surface area contributed by atoms with Gasteiger partial charge in [-0.25, -0.2) is 0 Å². The van der Waals surface area contributed by atoms with Crippen molar-refractivity contribution in [3.8, 4) is 0 Å². The van der Waals surface area contributed by atoms with E-state index in [-0.39, 0.29) is 37.5 Å². The van der Waals surface area contributed by atoms with E-state index in [0.717, 1.165) is 64.2 Å². The van der Waals surface area contributed by atoms with Gasteiger partial charge >= 0.3 is 17.9 Å². The van der Waals surface area contributed by atoms with Gasteiger partial charge in [0.25, 0.3) is 0 Å². The molecule has 0 aromatic heterocycles. The van der Waals surface area contributed by atoms with Crippen molar-refractivity contribution in [3.05, 3.63) is 48.6 Å². The van der Waals surface area contributed by atoms with Crippen molar-refractivity contribution in [1.29, 1.82) is 0 Å². The molecule has 0 saturated carbocycles. The van der Waals surface area contributed by atoms with Crippen LogP contribution in [-0.4, -0.2) is 37.2 Å². The molecule has 0 aliphatic heterocycles. The maximum atomic E-state index is 12.9. The Balaban J connectivity index is 4.24. The second-order valence-electron chi connectivity index (χ2n) is 22.0. The smallest absolute Gasteiger partial charge is 0.306 e. The third kappa shape index (κ3) is 60.2. The summed E-state index contributed by atoms with van der Waals surface area (Å²) in [5, 5.41) is 0. The van der Waals surface area contributed by atoms with Crippen LogP contribution in [0.1, 0.15) is 348 Å². The maximum Gasteiger partial charge on any atom is 0.306 e. The van der Waals surface area contributed by atoms with Crippen molar-refractivity contribution in [3.63, 3.8) is 0 Å². The van der Waals surface area contributed by atoms with Gasteiger partial charge in [-0.1, -0.05) is 333 Å². The lowest BCUT2D eigenvalue weighted by Gasteiger charge is -2.18. The van der Waals surface area contributed by atoms with Crippen molar-refractivity contribution in [2.45, 2.75) is 354 Å². The Hall–Kier alpha value is -2.63. The van der Waals surface area contributed by atoms with Crippen LogP contribution in [0.25, 0.3) is 0 Å². The molecule has 1 atom stereocenters. The lowest BCUT2D eigenvalue weighted by molar-refractivity contribution is -0.166. The van der Waals surface area contributed by atoms with E-state index in [1.54, 1.807) is 0 Å². The van der Waals surface area contributed by atoms with Gasteiger partial charge in [-0.15, -0.1) is 0 Å². The number of ether oxygens (including phenoxy) is 3. The summed E-state index contributed by atoms with van der Waals surface area (Å²) in [6, 6.07) is 0. The molecule has 0 amide bonds. The topological polar surface area (TPSA) is 78.9 Å². The summed E-state index contributed by atoms with van der Waals surface area (Å²) < 4.78 is 16.9. The highest BCUT2D eigenvalue weighted by Gasteiger charge is 2.19. The zero-order valence-electron chi connectivity index (χ0n) is 49.6. The minimum atomic E-state index is -0.799. The van der Waals surface area contributed by atoms with Crippen LogP contribution in [-0.2, 0) is 28.6 Å². The molecule has 0 saturated heterocycles. The van der Waals surface area contributed by atoms with E-state index in [4.69, 9.17) is 14.2 Å². The predicted octanol–water partition coefficient (Wildman–Crippen LogP) is 22.2. The van der Waals surface area contributed by atoms with E-state index in [1.165, 1.54) is 238 Å². The molecular formula is C68H124O6. The molecule has 6 nitrogen and oxygen atoms in total. The summed E-state index contributed by atoms with van der Waals surface area (Å²) in [6.07, 6.45) is 78.7. The van der Waals surface area contributed by atoms with E-state index in [9.17, 15) is 14.4 Å². The summed E-state index contributed by atoms with van der Waals surface area (Å²) in [6.45, 7) is 6.52. The van der Waals surface area contributed by atoms with Crippen molar-refractivity contribution >= 4 is 17.9 Å². The van der Waals surface area contributed by atoms with Crippen molar-refractivity contribution in [2.24, 2.45) is 0 Å². The maximum absolute atomic E-state index is 12.9. The summed E-state index contributed by atoms with van der Waals surface area (Å²) >= 11 is 0. The van der Waals surface area contributed by atoms with Crippen LogP contribution in [0.2, 0.25) is 0 Å². The first-order valence-corrected chi connectivity index (χ1v) is 32.6. The highest BCUT2D eigenvalue weighted by atomic mass is 16.6. The van der Waals surface area contributed by atoms with Crippen LogP contribution in [0, 0.1) is 0 Å². The molecule has 0 aromatic carbocycles. The van der Waals surface area contributed by atoms with Gasteiger partial charge in [-0.2, -0.15) is 0 Å². The van der Waals surface area contributed by atoms with E-state index in [2.05, 4.69) is 63.3 Å². The van der Waals surface area contributed by atoms with E-state index >= 15 is 0 Å². The molecule has 432 valence electrons. The number of hydrogen-bond acceptors (Lipinski definition) is 6. The molecular weight excluding hydrogens is 913 g/mol. The normalized spacial score (nSPS) is 12.3. The fourth-order valence-electron chi connectivity index (χ4n) is 9.76. The number of esters is 3. The molecule has 0 aromatic rings. The Morgan fingerprint density at radius 3 is 0.824 bits per heavy atom. The van der Waals surface area contributed by atoms with Crippen LogP contribution in [0.15, 0.2) is 48.6 Å². The summed E-state index contributed by atoms with van der Waals surface area (Å²) in [5.41, 5.74) is 0. The number of allylic oxidation sites excluding steroid dienone is 8. The van der Waals surface area contributed by atoms with Crippen LogP contribution < -0.4 is 0 Å². The monoisotopic (exact) mass is 1040 g/mol. The molecule has 0 aliphatic rings. The molecule has 0 bridgehead atoms. The van der Waals surface area contributed by atoms with Gasteiger partial charge < -0.3 is 14.2 Å². The van der Waals surface area contributed by atoms with Crippen molar-refractivity contribution in [2.75, 3.05) is 13.2 Å². The first-order chi connectivity index (χ1) is 36.5. The lowest BCUT2D eigenvalue weighted by atomic mass is 10.0. The molecule has 74 heavy (non-hydrogen) atoms. The van der Waals surface area contributed by atoms with Crippen LogP contribution in [0.5, 0.6) is 0 Å². The van der Waals surface area contributed by atoms with E-state index < -0.39 is 6.10 Å². The second kappa shape index (κ2) is 62.9. The van der Waals surface area contributed by atoms with Gasteiger partial charge in [0.1, 0.15) is 13.2 Å². The SMILES string of the molecule is CC/C=C\C/C=C\C/C=C\C/C=C\CCC(=O)OCC(COC(=O)CCCCCCCCCCCCCCCCCCCCCCCCCCCC)OC(=O)CCCCCCCCCCCCCCCCCCC. The first-order valence-electron chi connectivity index (χ1n) is 32.6. The Labute approximate surface area is 460 Å². The molecule has 0 heterocycles.